The number of hydrogen-bond acceptors (Lipinski definition) is 6. The van der Waals surface area contributed by atoms with Crippen molar-refractivity contribution in [2.45, 2.75) is 32.0 Å². The van der Waals surface area contributed by atoms with Gasteiger partial charge in [-0.15, -0.1) is 0 Å². The van der Waals surface area contributed by atoms with E-state index < -0.39 is 46.1 Å². The Morgan fingerprint density at radius 1 is 1.21 bits per heavy atom. The summed E-state index contributed by atoms with van der Waals surface area (Å²) in [5.74, 6) is -2.51. The van der Waals surface area contributed by atoms with Crippen molar-refractivity contribution in [1.82, 2.24) is 5.32 Å². The van der Waals surface area contributed by atoms with Crippen LogP contribution in [-0.4, -0.2) is 31.3 Å². The second kappa shape index (κ2) is 7.95. The van der Waals surface area contributed by atoms with Crippen LogP contribution < -0.4 is 5.32 Å². The van der Waals surface area contributed by atoms with Gasteiger partial charge in [0.15, 0.2) is 0 Å². The third-order valence-corrected chi connectivity index (χ3v) is 4.32. The summed E-state index contributed by atoms with van der Waals surface area (Å²) in [6.45, 7) is 1.79. The van der Waals surface area contributed by atoms with Crippen molar-refractivity contribution in [2.75, 3.05) is 0 Å². The fourth-order valence-corrected chi connectivity index (χ4v) is 2.70. The van der Waals surface area contributed by atoms with Gasteiger partial charge in [0, 0.05) is 12.1 Å². The summed E-state index contributed by atoms with van der Waals surface area (Å²) < 4.78 is 11.4. The highest BCUT2D eigenvalue weighted by molar-refractivity contribution is 7.52. The van der Waals surface area contributed by atoms with Crippen LogP contribution in [0, 0.1) is 20.2 Å². The number of rotatable bonds is 8. The monoisotopic (exact) mass is 361 g/mol. The average Bonchev–Trinajstić information content (AvgIpc) is 2.49. The van der Waals surface area contributed by atoms with Crippen LogP contribution in [0.3, 0.4) is 0 Å². The van der Waals surface area contributed by atoms with Gasteiger partial charge in [0.05, 0.1) is 21.5 Å². The number of unbranched alkanes of at least 4 members (excludes halogenated alkanes) is 1. The first-order valence-electron chi connectivity index (χ1n) is 6.86. The van der Waals surface area contributed by atoms with Crippen molar-refractivity contribution >= 4 is 24.9 Å². The summed E-state index contributed by atoms with van der Waals surface area (Å²) in [6, 6.07) is 2.30. The SMILES string of the molecule is CCCC[C@H](NC(=O)c1cc([N+](=O)[O-])cc([N+](=O)[O-])c1)P(=O)(O)O. The molecule has 1 aromatic carbocycles. The zero-order valence-electron chi connectivity index (χ0n) is 12.6. The fraction of sp³-hybridized carbons (Fsp3) is 0.417. The van der Waals surface area contributed by atoms with Crippen molar-refractivity contribution in [3.63, 3.8) is 0 Å². The van der Waals surface area contributed by atoms with Crippen LogP contribution in [-0.2, 0) is 4.57 Å². The molecule has 132 valence electrons. The third-order valence-electron chi connectivity index (χ3n) is 3.12. The first kappa shape index (κ1) is 19.7. The van der Waals surface area contributed by atoms with Gasteiger partial charge in [0.1, 0.15) is 5.78 Å². The number of amides is 1. The molecule has 0 aromatic heterocycles. The summed E-state index contributed by atoms with van der Waals surface area (Å²) in [5.41, 5.74) is -1.77. The summed E-state index contributed by atoms with van der Waals surface area (Å²) in [5, 5.41) is 23.7. The molecule has 1 atom stereocenters. The molecule has 1 rings (SSSR count). The number of nitro benzene ring substituents is 2. The number of hydrogen-bond donors (Lipinski definition) is 3. The molecule has 0 aliphatic carbocycles. The van der Waals surface area contributed by atoms with Gasteiger partial charge in [-0.2, -0.15) is 0 Å². The van der Waals surface area contributed by atoms with Gasteiger partial charge in [-0.05, 0) is 6.42 Å². The number of non-ortho nitro benzene ring substituents is 2. The standard InChI is InChI=1S/C12H16N3O8P/c1-2-3-4-11(24(21,22)23)13-12(16)8-5-9(14(17)18)7-10(6-8)15(19)20/h5-7,11H,2-4H2,1H3,(H,13,16)(H2,21,22,23)/t11-/m1/s1. The van der Waals surface area contributed by atoms with Crippen LogP contribution in [0.5, 0.6) is 0 Å². The van der Waals surface area contributed by atoms with Gasteiger partial charge >= 0.3 is 7.60 Å². The molecule has 0 fully saturated rings. The van der Waals surface area contributed by atoms with E-state index in [0.29, 0.717) is 18.9 Å². The molecule has 1 amide bonds. The molecule has 0 spiro atoms. The molecule has 0 aliphatic heterocycles. The first-order chi connectivity index (χ1) is 11.1. The molecular formula is C12H16N3O8P. The largest absolute Gasteiger partial charge is 0.347 e. The lowest BCUT2D eigenvalue weighted by molar-refractivity contribution is -0.394. The van der Waals surface area contributed by atoms with Gasteiger partial charge in [-0.25, -0.2) is 0 Å². The highest BCUT2D eigenvalue weighted by atomic mass is 31.2. The molecule has 12 heteroatoms. The normalized spacial score (nSPS) is 12.5. The van der Waals surface area contributed by atoms with Crippen LogP contribution in [0.2, 0.25) is 0 Å². The van der Waals surface area contributed by atoms with Crippen molar-refractivity contribution in [3.8, 4) is 0 Å². The van der Waals surface area contributed by atoms with Crippen molar-refractivity contribution in [2.24, 2.45) is 0 Å². The third kappa shape index (κ3) is 5.37. The second-order valence-corrected chi connectivity index (χ2v) is 6.77. The second-order valence-electron chi connectivity index (χ2n) is 4.97. The van der Waals surface area contributed by atoms with E-state index in [1.165, 1.54) is 0 Å². The smallest absolute Gasteiger partial charge is 0.338 e. The zero-order valence-corrected chi connectivity index (χ0v) is 13.5. The van der Waals surface area contributed by atoms with E-state index >= 15 is 0 Å². The summed E-state index contributed by atoms with van der Waals surface area (Å²) in [6.07, 6.45) is 1.07. The summed E-state index contributed by atoms with van der Waals surface area (Å²) in [7, 11) is -4.64. The zero-order chi connectivity index (χ0) is 18.5. The number of benzene rings is 1. The van der Waals surface area contributed by atoms with Crippen LogP contribution in [0.25, 0.3) is 0 Å². The first-order valence-corrected chi connectivity index (χ1v) is 8.54. The van der Waals surface area contributed by atoms with Crippen LogP contribution in [0.1, 0.15) is 36.5 Å². The highest BCUT2D eigenvalue weighted by Gasteiger charge is 2.31. The van der Waals surface area contributed by atoms with Gasteiger partial charge in [0.2, 0.25) is 0 Å². The average molecular weight is 361 g/mol. The summed E-state index contributed by atoms with van der Waals surface area (Å²) >= 11 is 0. The van der Waals surface area contributed by atoms with E-state index in [0.717, 1.165) is 12.1 Å². The van der Waals surface area contributed by atoms with Crippen molar-refractivity contribution in [1.29, 1.82) is 0 Å². The van der Waals surface area contributed by atoms with Crippen LogP contribution >= 0.6 is 7.60 Å². The van der Waals surface area contributed by atoms with E-state index in [2.05, 4.69) is 5.32 Å². The Kier molecular flexibility index (Phi) is 6.52. The molecule has 0 radical (unpaired) electrons. The molecular weight excluding hydrogens is 345 g/mol. The molecule has 24 heavy (non-hydrogen) atoms. The predicted molar refractivity (Wildman–Crippen MR) is 82.6 cm³/mol. The maximum Gasteiger partial charge on any atom is 0.347 e. The number of nitrogens with zero attached hydrogens (tertiary/aromatic N) is 2. The Labute approximate surface area is 136 Å². The van der Waals surface area contributed by atoms with Gasteiger partial charge < -0.3 is 15.1 Å². The van der Waals surface area contributed by atoms with Gasteiger partial charge in [-0.1, -0.05) is 19.8 Å². The molecule has 0 unspecified atom stereocenters. The minimum absolute atomic E-state index is 0.00351. The fourth-order valence-electron chi connectivity index (χ4n) is 1.89. The summed E-state index contributed by atoms with van der Waals surface area (Å²) in [4.78, 5) is 50.4. The lowest BCUT2D eigenvalue weighted by atomic mass is 10.1. The maximum absolute atomic E-state index is 12.1. The maximum atomic E-state index is 12.1. The molecule has 1 aromatic rings. The highest BCUT2D eigenvalue weighted by Crippen LogP contribution is 2.42. The minimum Gasteiger partial charge on any atom is -0.338 e. The molecule has 11 nitrogen and oxygen atoms in total. The Morgan fingerprint density at radius 2 is 1.71 bits per heavy atom. The van der Waals surface area contributed by atoms with E-state index in [-0.39, 0.29) is 6.42 Å². The molecule has 0 saturated carbocycles. The number of nitrogens with one attached hydrogen (secondary N) is 1. The van der Waals surface area contributed by atoms with Gasteiger partial charge in [-0.3, -0.25) is 29.6 Å². The van der Waals surface area contributed by atoms with E-state index in [1.54, 1.807) is 6.92 Å². The van der Waals surface area contributed by atoms with Crippen LogP contribution in [0.15, 0.2) is 18.2 Å². The molecule has 0 saturated heterocycles. The topological polar surface area (TPSA) is 173 Å². The quantitative estimate of drug-likeness (QED) is 0.358. The van der Waals surface area contributed by atoms with E-state index in [1.807, 2.05) is 0 Å². The van der Waals surface area contributed by atoms with Crippen molar-refractivity contribution in [3.05, 3.63) is 44.0 Å². The Hall–Kier alpha value is -2.36. The molecule has 3 N–H and O–H groups in total. The van der Waals surface area contributed by atoms with E-state index in [4.69, 9.17) is 0 Å². The van der Waals surface area contributed by atoms with Gasteiger partial charge in [0.25, 0.3) is 17.3 Å². The Balaban J connectivity index is 3.14. The molecule has 0 bridgehead atoms. The minimum atomic E-state index is -4.64. The molecule has 0 heterocycles. The Morgan fingerprint density at radius 3 is 2.08 bits per heavy atom. The lowest BCUT2D eigenvalue weighted by Crippen LogP contribution is -2.34. The predicted octanol–water partition coefficient (Wildman–Crippen LogP) is 1.93. The number of carbonyl (C=O) groups excluding carboxylic acids is 1. The van der Waals surface area contributed by atoms with Crippen LogP contribution in [0.4, 0.5) is 11.4 Å². The molecule has 0 aliphatic rings. The van der Waals surface area contributed by atoms with E-state index in [9.17, 15) is 39.4 Å². The number of nitro groups is 2. The van der Waals surface area contributed by atoms with Crippen molar-refractivity contribution < 1.29 is 29.0 Å². The Bertz CT molecular complexity index is 669. The number of carbonyl (C=O) groups is 1. The lowest BCUT2D eigenvalue weighted by Gasteiger charge is -2.19.